The number of hydrogen-bond donors (Lipinski definition) is 2. The lowest BCUT2D eigenvalue weighted by Gasteiger charge is -2.11. The van der Waals surface area contributed by atoms with Gasteiger partial charge in [-0.1, -0.05) is 0 Å². The van der Waals surface area contributed by atoms with Crippen molar-refractivity contribution >= 4 is 0 Å². The number of nitrogens with one attached hydrogen (secondary N) is 2. The normalized spacial score (nSPS) is 24.0. The lowest BCUT2D eigenvalue weighted by Crippen LogP contribution is -2.36. The van der Waals surface area contributed by atoms with Crippen LogP contribution in [-0.2, 0) is 9.68 Å². The average molecular weight is 90.1 g/mol. The predicted octanol–water partition coefficient (Wildman–Crippen LogP) is -1.04. The molecule has 0 aromatic heterocycles. The monoisotopic (exact) mass is 90.0 g/mol. The molecule has 4 nitrogen and oxygen atoms in total. The first-order valence-corrected chi connectivity index (χ1v) is 1.69. The molecule has 1 heterocycles. The van der Waals surface area contributed by atoms with Gasteiger partial charge in [0.05, 0.1) is 6.67 Å². The van der Waals surface area contributed by atoms with Crippen LogP contribution in [0.4, 0.5) is 0 Å². The summed E-state index contributed by atoms with van der Waals surface area (Å²) in [6, 6.07) is 0. The molecule has 0 saturated carbocycles. The Labute approximate surface area is 35.3 Å². The van der Waals surface area contributed by atoms with Gasteiger partial charge in [0.1, 0.15) is 0 Å². The van der Waals surface area contributed by atoms with Gasteiger partial charge in [-0.3, -0.25) is 9.68 Å². The van der Waals surface area contributed by atoms with Crippen LogP contribution in [0.15, 0.2) is 0 Å². The van der Waals surface area contributed by atoms with Crippen molar-refractivity contribution in [1.82, 2.24) is 11.0 Å². The molecule has 1 saturated heterocycles. The summed E-state index contributed by atoms with van der Waals surface area (Å²) in [5.74, 6) is 0. The van der Waals surface area contributed by atoms with Crippen molar-refractivity contribution < 1.29 is 9.68 Å². The fraction of sp³-hybridized carbons (Fsp3) is 1.00. The number of hydroxylamine groups is 2. The Kier molecular flexibility index (Phi) is 1.40. The van der Waals surface area contributed by atoms with Crippen molar-refractivity contribution in [2.24, 2.45) is 0 Å². The molecule has 0 radical (unpaired) electrons. The molecular formula is C2H6N2O2. The molecule has 1 aliphatic rings. The van der Waals surface area contributed by atoms with Crippen molar-refractivity contribution in [1.29, 1.82) is 0 Å². The van der Waals surface area contributed by atoms with E-state index in [4.69, 9.17) is 0 Å². The van der Waals surface area contributed by atoms with E-state index in [0.717, 1.165) is 0 Å². The molecule has 0 aliphatic carbocycles. The van der Waals surface area contributed by atoms with E-state index >= 15 is 0 Å². The van der Waals surface area contributed by atoms with E-state index in [-0.39, 0.29) is 6.79 Å². The van der Waals surface area contributed by atoms with Crippen molar-refractivity contribution in [3.63, 3.8) is 0 Å². The topological polar surface area (TPSA) is 42.5 Å². The van der Waals surface area contributed by atoms with Crippen LogP contribution in [0, 0.1) is 0 Å². The summed E-state index contributed by atoms with van der Waals surface area (Å²) in [5, 5.41) is 0. The highest BCUT2D eigenvalue weighted by molar-refractivity contribution is 4.18. The molecule has 1 aliphatic heterocycles. The van der Waals surface area contributed by atoms with Crippen LogP contribution in [0.1, 0.15) is 0 Å². The van der Waals surface area contributed by atoms with Crippen LogP contribution in [0.2, 0.25) is 0 Å². The lowest BCUT2D eigenvalue weighted by molar-refractivity contribution is -0.188. The second-order valence-corrected chi connectivity index (χ2v) is 0.872. The molecule has 0 unspecified atom stereocenters. The summed E-state index contributed by atoms with van der Waals surface area (Å²) in [5.41, 5.74) is 5.10. The van der Waals surface area contributed by atoms with Gasteiger partial charge in [0, 0.05) is 0 Å². The Morgan fingerprint density at radius 3 is 2.00 bits per heavy atom. The third-order valence-corrected chi connectivity index (χ3v) is 0.466. The quantitative estimate of drug-likeness (QED) is 0.398. The molecule has 6 heavy (non-hydrogen) atoms. The second-order valence-electron chi connectivity index (χ2n) is 0.872. The molecule has 4 heteroatoms. The fourth-order valence-electron chi connectivity index (χ4n) is 0.244. The molecule has 0 atom stereocenters. The Morgan fingerprint density at radius 2 is 1.83 bits per heavy atom. The van der Waals surface area contributed by atoms with Crippen LogP contribution < -0.4 is 11.0 Å². The molecule has 0 bridgehead atoms. The summed E-state index contributed by atoms with van der Waals surface area (Å²) < 4.78 is 0. The summed E-state index contributed by atoms with van der Waals surface area (Å²) in [6.07, 6.45) is 0. The van der Waals surface area contributed by atoms with Crippen LogP contribution in [0.25, 0.3) is 0 Å². The molecule has 0 spiro atoms. The van der Waals surface area contributed by atoms with E-state index in [1.165, 1.54) is 0 Å². The molecule has 0 aromatic carbocycles. The van der Waals surface area contributed by atoms with Crippen LogP contribution in [0.3, 0.4) is 0 Å². The summed E-state index contributed by atoms with van der Waals surface area (Å²) in [6.45, 7) is 0.833. The summed E-state index contributed by atoms with van der Waals surface area (Å²) in [7, 11) is 0. The molecule has 2 N–H and O–H groups in total. The maximum absolute atomic E-state index is 4.53. The van der Waals surface area contributed by atoms with Crippen molar-refractivity contribution in [3.8, 4) is 0 Å². The number of hydrogen-bond acceptors (Lipinski definition) is 4. The average Bonchev–Trinajstić information content (AvgIpc) is 1.72. The van der Waals surface area contributed by atoms with Crippen LogP contribution in [0.5, 0.6) is 0 Å². The van der Waals surface area contributed by atoms with Gasteiger partial charge < -0.3 is 0 Å². The third kappa shape index (κ3) is 0.908. The molecule has 36 valence electrons. The first-order valence-electron chi connectivity index (χ1n) is 1.69. The van der Waals surface area contributed by atoms with Gasteiger partial charge in [-0.15, -0.1) is 0 Å². The molecule has 0 amide bonds. The minimum Gasteiger partial charge on any atom is -0.270 e. The van der Waals surface area contributed by atoms with Crippen molar-refractivity contribution in [2.75, 3.05) is 13.5 Å². The van der Waals surface area contributed by atoms with Gasteiger partial charge in [-0.2, -0.15) is 11.0 Å². The van der Waals surface area contributed by atoms with Crippen LogP contribution >= 0.6 is 0 Å². The minimum absolute atomic E-state index is 0.278. The van der Waals surface area contributed by atoms with Gasteiger partial charge >= 0.3 is 0 Å². The number of rotatable bonds is 0. The van der Waals surface area contributed by atoms with E-state index in [1.807, 2.05) is 0 Å². The maximum atomic E-state index is 4.53. The molecule has 0 aromatic rings. The van der Waals surface area contributed by atoms with Crippen LogP contribution in [-0.4, -0.2) is 13.5 Å². The Morgan fingerprint density at radius 1 is 1.17 bits per heavy atom. The maximum Gasteiger partial charge on any atom is 0.187 e. The van der Waals surface area contributed by atoms with E-state index < -0.39 is 0 Å². The zero-order valence-corrected chi connectivity index (χ0v) is 3.23. The predicted molar refractivity (Wildman–Crippen MR) is 18.2 cm³/mol. The highest BCUT2D eigenvalue weighted by Gasteiger charge is 1.91. The van der Waals surface area contributed by atoms with Gasteiger partial charge in [0.15, 0.2) is 6.79 Å². The summed E-state index contributed by atoms with van der Waals surface area (Å²) in [4.78, 5) is 9.07. The van der Waals surface area contributed by atoms with E-state index in [1.54, 1.807) is 0 Å². The highest BCUT2D eigenvalue weighted by atomic mass is 16.8. The van der Waals surface area contributed by atoms with Crippen molar-refractivity contribution in [3.05, 3.63) is 0 Å². The Hall–Kier alpha value is -0.160. The molecule has 1 fully saturated rings. The zero-order chi connectivity index (χ0) is 4.24. The second kappa shape index (κ2) is 2.09. The van der Waals surface area contributed by atoms with E-state index in [0.29, 0.717) is 6.67 Å². The third-order valence-electron chi connectivity index (χ3n) is 0.466. The largest absolute Gasteiger partial charge is 0.270 e. The van der Waals surface area contributed by atoms with Gasteiger partial charge in [0.2, 0.25) is 0 Å². The van der Waals surface area contributed by atoms with Crippen molar-refractivity contribution in [2.45, 2.75) is 0 Å². The van der Waals surface area contributed by atoms with E-state index in [2.05, 4.69) is 20.6 Å². The SMILES string of the molecule is C1NOCON1. The standard InChI is InChI=1S/C2H6N2O2/c1-3-5-2-6-4-1/h3-4H,1-2H2. The molecular weight excluding hydrogens is 84.0 g/mol. The fourth-order valence-corrected chi connectivity index (χ4v) is 0.244. The summed E-state index contributed by atoms with van der Waals surface area (Å²) >= 11 is 0. The van der Waals surface area contributed by atoms with Gasteiger partial charge in [-0.05, 0) is 0 Å². The lowest BCUT2D eigenvalue weighted by atomic mass is 11.2. The smallest absolute Gasteiger partial charge is 0.187 e. The van der Waals surface area contributed by atoms with Gasteiger partial charge in [0.25, 0.3) is 0 Å². The Balaban J connectivity index is 2.00. The zero-order valence-electron chi connectivity index (χ0n) is 3.23. The Bertz CT molecular complexity index is 25.0. The highest BCUT2D eigenvalue weighted by Crippen LogP contribution is 1.71. The first kappa shape index (κ1) is 4.01. The minimum atomic E-state index is 0.278. The van der Waals surface area contributed by atoms with E-state index in [9.17, 15) is 0 Å². The first-order chi connectivity index (χ1) is 3.00. The van der Waals surface area contributed by atoms with Gasteiger partial charge in [-0.25, -0.2) is 0 Å². The molecule has 1 rings (SSSR count).